The zero-order chi connectivity index (χ0) is 16.8. The molecule has 9 heteroatoms. The number of carbonyl (C=O) groups excluding carboxylic acids is 2. The van der Waals surface area contributed by atoms with Gasteiger partial charge < -0.3 is 14.8 Å². The Bertz CT molecular complexity index is 721. The molecule has 1 amide bonds. The van der Waals surface area contributed by atoms with Crippen LogP contribution in [0.3, 0.4) is 0 Å². The minimum atomic E-state index is -0.594. The van der Waals surface area contributed by atoms with Gasteiger partial charge in [-0.05, 0) is 18.2 Å². The van der Waals surface area contributed by atoms with Crippen molar-refractivity contribution in [3.63, 3.8) is 0 Å². The van der Waals surface area contributed by atoms with E-state index in [0.717, 1.165) is 11.3 Å². The van der Waals surface area contributed by atoms with Gasteiger partial charge in [0.1, 0.15) is 19.0 Å². The number of halogens is 2. The lowest BCUT2D eigenvalue weighted by Crippen LogP contribution is -2.13. The summed E-state index contributed by atoms with van der Waals surface area (Å²) in [6.07, 6.45) is 0. The number of rotatable bonds is 6. The lowest BCUT2D eigenvalue weighted by atomic mass is 10.3. The number of hydrogen-bond donors (Lipinski definition) is 1. The first-order valence-corrected chi connectivity index (χ1v) is 8.07. The minimum Gasteiger partial charge on any atom is -0.488 e. The molecule has 0 saturated heterocycles. The molecule has 2 aromatic rings. The molecular weight excluding hydrogens is 363 g/mol. The number of nitrogens with zero attached hydrogens (tertiary/aromatic N) is 1. The fraction of sp³-hybridized carbons (Fsp3) is 0.214. The van der Waals surface area contributed by atoms with Crippen molar-refractivity contribution in [1.82, 2.24) is 4.98 Å². The molecular formula is C14H12Cl2N2O4S. The number of hydrogen-bond acceptors (Lipinski definition) is 6. The van der Waals surface area contributed by atoms with E-state index < -0.39 is 5.97 Å². The van der Waals surface area contributed by atoms with Crippen molar-refractivity contribution in [2.75, 3.05) is 18.5 Å². The molecule has 0 spiro atoms. The van der Waals surface area contributed by atoms with Crippen molar-refractivity contribution in [3.05, 3.63) is 39.3 Å². The lowest BCUT2D eigenvalue weighted by molar-refractivity contribution is -0.114. The maximum absolute atomic E-state index is 11.8. The third kappa shape index (κ3) is 5.38. The molecule has 0 fully saturated rings. The average molecular weight is 375 g/mol. The van der Waals surface area contributed by atoms with Crippen molar-refractivity contribution in [1.29, 1.82) is 0 Å². The van der Waals surface area contributed by atoms with Gasteiger partial charge in [0.05, 0.1) is 5.02 Å². The van der Waals surface area contributed by atoms with Crippen LogP contribution in [0.5, 0.6) is 5.75 Å². The topological polar surface area (TPSA) is 77.5 Å². The van der Waals surface area contributed by atoms with E-state index >= 15 is 0 Å². The maximum Gasteiger partial charge on any atom is 0.358 e. The van der Waals surface area contributed by atoms with E-state index in [1.54, 1.807) is 18.2 Å². The number of benzene rings is 1. The number of ether oxygens (including phenoxy) is 2. The SMILES string of the molecule is CC(=O)Nc1nc(C(=O)OCCOc2ccc(Cl)cc2Cl)cs1. The summed E-state index contributed by atoms with van der Waals surface area (Å²) in [5, 5.41) is 5.22. The first-order chi connectivity index (χ1) is 11.0. The fourth-order valence-electron chi connectivity index (χ4n) is 1.53. The molecule has 0 aliphatic carbocycles. The van der Waals surface area contributed by atoms with Gasteiger partial charge in [-0.2, -0.15) is 0 Å². The van der Waals surface area contributed by atoms with E-state index in [1.807, 2.05) is 0 Å². The molecule has 0 aliphatic rings. The van der Waals surface area contributed by atoms with Crippen LogP contribution in [0, 0.1) is 0 Å². The molecule has 0 aliphatic heterocycles. The molecule has 0 bridgehead atoms. The van der Waals surface area contributed by atoms with Crippen LogP contribution in [0.25, 0.3) is 0 Å². The molecule has 2 rings (SSSR count). The van der Waals surface area contributed by atoms with Crippen molar-refractivity contribution in [2.24, 2.45) is 0 Å². The molecule has 1 heterocycles. The number of carbonyl (C=O) groups is 2. The Morgan fingerprint density at radius 1 is 1.30 bits per heavy atom. The fourth-order valence-corrected chi connectivity index (χ4v) is 2.72. The van der Waals surface area contributed by atoms with Gasteiger partial charge in [0.2, 0.25) is 5.91 Å². The van der Waals surface area contributed by atoms with Crippen LogP contribution in [0.1, 0.15) is 17.4 Å². The second kappa shape index (κ2) is 8.14. The van der Waals surface area contributed by atoms with Gasteiger partial charge in [0.15, 0.2) is 10.8 Å². The second-order valence-corrected chi connectivity index (χ2v) is 5.98. The third-order valence-electron chi connectivity index (χ3n) is 2.46. The zero-order valence-electron chi connectivity index (χ0n) is 12.0. The Hall–Kier alpha value is -1.83. The summed E-state index contributed by atoms with van der Waals surface area (Å²) in [6, 6.07) is 4.84. The van der Waals surface area contributed by atoms with Crippen molar-refractivity contribution < 1.29 is 19.1 Å². The van der Waals surface area contributed by atoms with E-state index in [0.29, 0.717) is 20.9 Å². The van der Waals surface area contributed by atoms with Gasteiger partial charge >= 0.3 is 5.97 Å². The molecule has 122 valence electrons. The lowest BCUT2D eigenvalue weighted by Gasteiger charge is -2.08. The first-order valence-electron chi connectivity index (χ1n) is 6.44. The molecule has 0 radical (unpaired) electrons. The Kier molecular flexibility index (Phi) is 6.20. The highest BCUT2D eigenvalue weighted by Gasteiger charge is 2.13. The highest BCUT2D eigenvalue weighted by Crippen LogP contribution is 2.27. The maximum atomic E-state index is 11.8. The van der Waals surface area contributed by atoms with Crippen LogP contribution in [0.2, 0.25) is 10.0 Å². The summed E-state index contributed by atoms with van der Waals surface area (Å²) in [5.41, 5.74) is 0.128. The number of aromatic nitrogens is 1. The summed E-state index contributed by atoms with van der Waals surface area (Å²) >= 11 is 12.9. The monoisotopic (exact) mass is 374 g/mol. The predicted octanol–water partition coefficient (Wildman–Crippen LogP) is 3.64. The standard InChI is InChI=1S/C14H12Cl2N2O4S/c1-8(19)17-14-18-11(7-23-14)13(20)22-5-4-21-12-3-2-9(15)6-10(12)16/h2-3,6-7H,4-5H2,1H3,(H,17,18,19). The van der Waals surface area contributed by atoms with Crippen LogP contribution in [0.4, 0.5) is 5.13 Å². The molecule has 1 N–H and O–H groups in total. The molecule has 0 atom stereocenters. The Balaban J connectivity index is 1.78. The summed E-state index contributed by atoms with van der Waals surface area (Å²) in [5.74, 6) is -0.398. The predicted molar refractivity (Wildman–Crippen MR) is 88.7 cm³/mol. The summed E-state index contributed by atoms with van der Waals surface area (Å²) in [4.78, 5) is 26.6. The largest absolute Gasteiger partial charge is 0.488 e. The van der Waals surface area contributed by atoms with Crippen LogP contribution in [0.15, 0.2) is 23.6 Å². The molecule has 0 unspecified atom stereocenters. The van der Waals surface area contributed by atoms with E-state index in [2.05, 4.69) is 10.3 Å². The van der Waals surface area contributed by atoms with Gasteiger partial charge in [-0.1, -0.05) is 23.2 Å². The van der Waals surface area contributed by atoms with Crippen molar-refractivity contribution in [3.8, 4) is 5.75 Å². The van der Waals surface area contributed by atoms with Crippen LogP contribution in [-0.2, 0) is 9.53 Å². The molecule has 6 nitrogen and oxygen atoms in total. The highest BCUT2D eigenvalue weighted by atomic mass is 35.5. The average Bonchev–Trinajstić information content (AvgIpc) is 2.93. The molecule has 0 saturated carbocycles. The van der Waals surface area contributed by atoms with E-state index in [9.17, 15) is 9.59 Å². The smallest absolute Gasteiger partial charge is 0.358 e. The minimum absolute atomic E-state index is 0.0325. The van der Waals surface area contributed by atoms with Crippen molar-refractivity contribution in [2.45, 2.75) is 6.92 Å². The van der Waals surface area contributed by atoms with Crippen molar-refractivity contribution >= 4 is 51.5 Å². The van der Waals surface area contributed by atoms with E-state index in [4.69, 9.17) is 32.7 Å². The molecule has 23 heavy (non-hydrogen) atoms. The quantitative estimate of drug-likeness (QED) is 0.616. The highest BCUT2D eigenvalue weighted by molar-refractivity contribution is 7.14. The summed E-state index contributed by atoms with van der Waals surface area (Å²) in [6.45, 7) is 1.53. The summed E-state index contributed by atoms with van der Waals surface area (Å²) in [7, 11) is 0. The Labute approximate surface area is 146 Å². The number of esters is 1. The third-order valence-corrected chi connectivity index (χ3v) is 3.75. The Morgan fingerprint density at radius 3 is 2.78 bits per heavy atom. The van der Waals surface area contributed by atoms with Crippen LogP contribution < -0.4 is 10.1 Å². The van der Waals surface area contributed by atoms with Gasteiger partial charge in [-0.15, -0.1) is 11.3 Å². The first kappa shape index (κ1) is 17.5. The molecule has 1 aromatic heterocycles. The van der Waals surface area contributed by atoms with E-state index in [-0.39, 0.29) is 24.8 Å². The summed E-state index contributed by atoms with van der Waals surface area (Å²) < 4.78 is 10.4. The van der Waals surface area contributed by atoms with Crippen LogP contribution in [-0.4, -0.2) is 30.1 Å². The molecule has 1 aromatic carbocycles. The normalized spacial score (nSPS) is 10.2. The van der Waals surface area contributed by atoms with E-state index in [1.165, 1.54) is 12.3 Å². The number of nitrogens with one attached hydrogen (secondary N) is 1. The van der Waals surface area contributed by atoms with Gasteiger partial charge in [0.25, 0.3) is 0 Å². The second-order valence-electron chi connectivity index (χ2n) is 4.28. The van der Waals surface area contributed by atoms with Gasteiger partial charge in [-0.3, -0.25) is 4.79 Å². The number of thiazole rings is 1. The zero-order valence-corrected chi connectivity index (χ0v) is 14.3. The Morgan fingerprint density at radius 2 is 2.09 bits per heavy atom. The van der Waals surface area contributed by atoms with Gasteiger partial charge in [0, 0.05) is 17.3 Å². The van der Waals surface area contributed by atoms with Gasteiger partial charge in [-0.25, -0.2) is 9.78 Å². The van der Waals surface area contributed by atoms with Crippen LogP contribution >= 0.6 is 34.5 Å². The number of amides is 1. The number of anilines is 1.